The van der Waals surface area contributed by atoms with Crippen molar-refractivity contribution in [1.82, 2.24) is 19.8 Å². The molecule has 1 aliphatic carbocycles. The molecule has 2 amide bonds. The third kappa shape index (κ3) is 4.32. The second-order valence-electron chi connectivity index (χ2n) is 10.1. The van der Waals surface area contributed by atoms with Gasteiger partial charge >= 0.3 is 0 Å². The van der Waals surface area contributed by atoms with E-state index in [0.29, 0.717) is 30.3 Å². The van der Waals surface area contributed by atoms with Crippen molar-refractivity contribution in [2.45, 2.75) is 44.6 Å². The molecule has 2 aromatic carbocycles. The van der Waals surface area contributed by atoms with E-state index in [2.05, 4.69) is 30.4 Å². The molecule has 1 aliphatic heterocycles. The molecule has 2 aromatic heterocycles. The van der Waals surface area contributed by atoms with E-state index in [0.717, 1.165) is 52.0 Å². The summed E-state index contributed by atoms with van der Waals surface area (Å²) < 4.78 is 1.98. The second kappa shape index (κ2) is 9.21. The van der Waals surface area contributed by atoms with Gasteiger partial charge in [-0.1, -0.05) is 48.0 Å². The van der Waals surface area contributed by atoms with Crippen molar-refractivity contribution in [2.75, 3.05) is 13.1 Å². The Kier molecular flexibility index (Phi) is 5.88. The molecule has 7 heteroatoms. The average molecular weight is 499 g/mol. The number of hydrogen-bond acceptors (Lipinski definition) is 4. The molecule has 1 saturated carbocycles. The number of carbonyl (C=O) groups is 2. The van der Waals surface area contributed by atoms with E-state index in [9.17, 15) is 9.59 Å². The lowest BCUT2D eigenvalue weighted by molar-refractivity contribution is 0.0672. The first-order chi connectivity index (χ1) is 17.5. The first kappa shape index (κ1) is 23.0. The average Bonchev–Trinajstić information content (AvgIpc) is 3.55. The number of fused-ring (bicyclic) bond motifs is 1. The number of thiazole rings is 1. The summed E-state index contributed by atoms with van der Waals surface area (Å²) in [4.78, 5) is 34.7. The minimum atomic E-state index is -0.0868. The Bertz CT molecular complexity index is 1470. The molecule has 36 heavy (non-hydrogen) atoms. The number of nitrogens with one attached hydrogen (secondary N) is 1. The number of rotatable bonds is 5. The summed E-state index contributed by atoms with van der Waals surface area (Å²) in [6, 6.07) is 16.1. The number of aryl methyl sites for hydroxylation is 2. The van der Waals surface area contributed by atoms with Crippen LogP contribution in [0.15, 0.2) is 54.7 Å². The van der Waals surface area contributed by atoms with Gasteiger partial charge in [0.1, 0.15) is 5.69 Å². The van der Waals surface area contributed by atoms with Gasteiger partial charge in [-0.05, 0) is 44.2 Å². The van der Waals surface area contributed by atoms with Gasteiger partial charge in [-0.2, -0.15) is 0 Å². The number of hydrogen-bond donors (Lipinski definition) is 1. The molecule has 1 N–H and O–H groups in total. The van der Waals surface area contributed by atoms with E-state index in [1.54, 1.807) is 11.3 Å². The number of aromatic nitrogens is 2. The first-order valence-corrected chi connectivity index (χ1v) is 13.5. The molecule has 6 nitrogen and oxygen atoms in total. The topological polar surface area (TPSA) is 67.2 Å². The Balaban J connectivity index is 1.22. The van der Waals surface area contributed by atoms with Gasteiger partial charge in [-0.25, -0.2) is 4.98 Å². The van der Waals surface area contributed by atoms with Gasteiger partial charge in [0.15, 0.2) is 0 Å². The molecule has 4 aromatic rings. The molecule has 3 heterocycles. The maximum atomic E-state index is 13.8. The molecule has 6 rings (SSSR count). The zero-order valence-corrected chi connectivity index (χ0v) is 21.5. The third-order valence-corrected chi connectivity index (χ3v) is 8.51. The zero-order chi connectivity index (χ0) is 24.8. The highest BCUT2D eigenvalue weighted by molar-refractivity contribution is 7.15. The van der Waals surface area contributed by atoms with Gasteiger partial charge in [0.25, 0.3) is 11.8 Å². The standard InChI is InChI=1S/C29H30N4O2S/c1-18-7-5-8-20(15-18)26-25(31-28(36-26)19-12-13-19)29(35)33-14-6-9-21(16-33)30-27(34)23-17-32(2)24-11-4-3-10-22(23)24/h3-5,7-8,10-11,15,17,19,21H,6,9,12-14,16H2,1-2H3,(H,30,34). The minimum absolute atomic E-state index is 0.0289. The van der Waals surface area contributed by atoms with Crippen LogP contribution in [0.4, 0.5) is 0 Å². The van der Waals surface area contributed by atoms with Crippen molar-refractivity contribution in [3.63, 3.8) is 0 Å². The second-order valence-corrected chi connectivity index (χ2v) is 11.1. The quantitative estimate of drug-likeness (QED) is 0.394. The molecule has 0 spiro atoms. The smallest absolute Gasteiger partial charge is 0.274 e. The molecule has 1 saturated heterocycles. The Morgan fingerprint density at radius 2 is 1.92 bits per heavy atom. The van der Waals surface area contributed by atoms with Crippen molar-refractivity contribution in [2.24, 2.45) is 7.05 Å². The maximum absolute atomic E-state index is 13.8. The van der Waals surface area contributed by atoms with Crippen LogP contribution >= 0.6 is 11.3 Å². The Labute approximate surface area is 215 Å². The molecule has 0 bridgehead atoms. The summed E-state index contributed by atoms with van der Waals surface area (Å²) >= 11 is 1.67. The van der Waals surface area contributed by atoms with Crippen LogP contribution in [0.2, 0.25) is 0 Å². The monoisotopic (exact) mass is 498 g/mol. The lowest BCUT2D eigenvalue weighted by Crippen LogP contribution is -2.49. The van der Waals surface area contributed by atoms with Crippen molar-refractivity contribution < 1.29 is 9.59 Å². The van der Waals surface area contributed by atoms with E-state index in [-0.39, 0.29) is 17.9 Å². The van der Waals surface area contributed by atoms with Crippen molar-refractivity contribution in [3.8, 4) is 10.4 Å². The van der Waals surface area contributed by atoms with Gasteiger partial charge in [-0.15, -0.1) is 11.3 Å². The molecular formula is C29H30N4O2S. The largest absolute Gasteiger partial charge is 0.350 e. The van der Waals surface area contributed by atoms with Crippen molar-refractivity contribution in [3.05, 3.63) is 76.6 Å². The molecule has 1 unspecified atom stereocenters. The number of carbonyl (C=O) groups excluding carboxylic acids is 2. The maximum Gasteiger partial charge on any atom is 0.274 e. The highest BCUT2D eigenvalue weighted by atomic mass is 32.1. The third-order valence-electron chi connectivity index (χ3n) is 7.24. The van der Waals surface area contributed by atoms with Gasteiger partial charge in [0.05, 0.1) is 15.4 Å². The van der Waals surface area contributed by atoms with E-state index >= 15 is 0 Å². The number of piperidine rings is 1. The summed E-state index contributed by atoms with van der Waals surface area (Å²) in [5.74, 6) is 0.379. The van der Waals surface area contributed by atoms with E-state index in [4.69, 9.17) is 4.98 Å². The number of nitrogens with zero attached hydrogens (tertiary/aromatic N) is 3. The zero-order valence-electron chi connectivity index (χ0n) is 20.7. The van der Waals surface area contributed by atoms with Crippen LogP contribution in [0.25, 0.3) is 21.3 Å². The Morgan fingerprint density at radius 3 is 2.72 bits per heavy atom. The van der Waals surface area contributed by atoms with Crippen LogP contribution in [0, 0.1) is 6.92 Å². The SMILES string of the molecule is Cc1cccc(-c2sc(C3CC3)nc2C(=O)N2CCCC(NC(=O)c3cn(C)c4ccccc34)C2)c1. The Morgan fingerprint density at radius 1 is 1.08 bits per heavy atom. The number of para-hydroxylation sites is 1. The molecule has 0 radical (unpaired) electrons. The van der Waals surface area contributed by atoms with Gasteiger partial charge in [-0.3, -0.25) is 9.59 Å². The molecule has 1 atom stereocenters. The summed E-state index contributed by atoms with van der Waals surface area (Å²) in [6.45, 7) is 3.25. The predicted molar refractivity (Wildman–Crippen MR) is 144 cm³/mol. The van der Waals surface area contributed by atoms with Crippen LogP contribution < -0.4 is 5.32 Å². The van der Waals surface area contributed by atoms with Gasteiger partial charge < -0.3 is 14.8 Å². The number of benzene rings is 2. The van der Waals surface area contributed by atoms with Crippen LogP contribution in [0.5, 0.6) is 0 Å². The predicted octanol–water partition coefficient (Wildman–Crippen LogP) is 5.52. The molecule has 2 aliphatic rings. The summed E-state index contributed by atoms with van der Waals surface area (Å²) in [5.41, 5.74) is 4.49. The summed E-state index contributed by atoms with van der Waals surface area (Å²) in [7, 11) is 1.95. The lowest BCUT2D eigenvalue weighted by Gasteiger charge is -2.33. The summed E-state index contributed by atoms with van der Waals surface area (Å²) in [5, 5.41) is 5.22. The molecule has 184 valence electrons. The van der Waals surface area contributed by atoms with Crippen LogP contribution in [-0.2, 0) is 7.05 Å². The molecule has 2 fully saturated rings. The fourth-order valence-electron chi connectivity index (χ4n) is 5.18. The normalized spacial score (nSPS) is 17.9. The number of likely N-dealkylation sites (tertiary alicyclic amines) is 1. The van der Waals surface area contributed by atoms with Crippen molar-refractivity contribution >= 4 is 34.1 Å². The van der Waals surface area contributed by atoms with Crippen LogP contribution in [-0.4, -0.2) is 45.4 Å². The van der Waals surface area contributed by atoms with Crippen LogP contribution in [0.1, 0.15) is 63.0 Å². The summed E-state index contributed by atoms with van der Waals surface area (Å²) in [6.07, 6.45) is 5.90. The highest BCUT2D eigenvalue weighted by Crippen LogP contribution is 2.45. The highest BCUT2D eigenvalue weighted by Gasteiger charge is 2.33. The Hall–Kier alpha value is -3.45. The van der Waals surface area contributed by atoms with Gasteiger partial charge in [0, 0.05) is 49.2 Å². The molecular weight excluding hydrogens is 468 g/mol. The minimum Gasteiger partial charge on any atom is -0.350 e. The van der Waals surface area contributed by atoms with Crippen LogP contribution in [0.3, 0.4) is 0 Å². The van der Waals surface area contributed by atoms with E-state index < -0.39 is 0 Å². The van der Waals surface area contributed by atoms with Crippen molar-refractivity contribution in [1.29, 1.82) is 0 Å². The fourth-order valence-corrected chi connectivity index (χ4v) is 6.41. The van der Waals surface area contributed by atoms with E-state index in [1.807, 2.05) is 53.0 Å². The fraction of sp³-hybridized carbons (Fsp3) is 0.345. The van der Waals surface area contributed by atoms with Gasteiger partial charge in [0.2, 0.25) is 0 Å². The lowest BCUT2D eigenvalue weighted by atomic mass is 10.0. The van der Waals surface area contributed by atoms with E-state index in [1.165, 1.54) is 5.56 Å². The number of amides is 2. The first-order valence-electron chi connectivity index (χ1n) is 12.7.